The van der Waals surface area contributed by atoms with E-state index in [0.717, 1.165) is 10.0 Å². The monoisotopic (exact) mass is 240 g/mol. The zero-order valence-corrected chi connectivity index (χ0v) is 8.54. The lowest BCUT2D eigenvalue weighted by atomic mass is 10.1. The van der Waals surface area contributed by atoms with Crippen molar-refractivity contribution in [2.45, 2.75) is 12.8 Å². The zero-order valence-electron chi connectivity index (χ0n) is 6.96. The number of aliphatic carboxylic acids is 1. The minimum absolute atomic E-state index is 0.228. The van der Waals surface area contributed by atoms with Crippen molar-refractivity contribution in [2.24, 2.45) is 5.92 Å². The van der Waals surface area contributed by atoms with Crippen LogP contribution in [0.1, 0.15) is 11.1 Å². The summed E-state index contributed by atoms with van der Waals surface area (Å²) < 4.78 is 1.04. The van der Waals surface area contributed by atoms with E-state index in [4.69, 9.17) is 5.11 Å². The largest absolute Gasteiger partial charge is 0.481 e. The van der Waals surface area contributed by atoms with Crippen molar-refractivity contribution in [1.29, 1.82) is 0 Å². The lowest BCUT2D eigenvalue weighted by Gasteiger charge is -2.00. The predicted octanol–water partition coefficient (Wildman–Crippen LogP) is 2.25. The van der Waals surface area contributed by atoms with Crippen LogP contribution in [0.2, 0.25) is 0 Å². The van der Waals surface area contributed by atoms with Gasteiger partial charge in [-0.3, -0.25) is 4.79 Å². The third kappa shape index (κ3) is 1.48. The quantitative estimate of drug-likeness (QED) is 0.818. The van der Waals surface area contributed by atoms with Crippen LogP contribution in [-0.2, 0) is 17.6 Å². The van der Waals surface area contributed by atoms with Crippen LogP contribution >= 0.6 is 15.9 Å². The van der Waals surface area contributed by atoms with E-state index in [2.05, 4.69) is 15.9 Å². The van der Waals surface area contributed by atoms with Crippen LogP contribution in [0.4, 0.5) is 0 Å². The van der Waals surface area contributed by atoms with E-state index in [1.54, 1.807) is 0 Å². The number of hydrogen-bond acceptors (Lipinski definition) is 1. The van der Waals surface area contributed by atoms with Gasteiger partial charge in [0.2, 0.25) is 0 Å². The van der Waals surface area contributed by atoms with Gasteiger partial charge in [-0.25, -0.2) is 0 Å². The van der Waals surface area contributed by atoms with E-state index in [1.807, 2.05) is 18.2 Å². The Morgan fingerprint density at radius 2 is 2.23 bits per heavy atom. The number of fused-ring (bicyclic) bond motifs is 1. The molecule has 13 heavy (non-hydrogen) atoms. The molecule has 1 N–H and O–H groups in total. The Hall–Kier alpha value is -0.830. The molecule has 0 radical (unpaired) electrons. The Bertz CT molecular complexity index is 360. The Morgan fingerprint density at radius 1 is 1.46 bits per heavy atom. The number of halogens is 1. The summed E-state index contributed by atoms with van der Waals surface area (Å²) in [5.41, 5.74) is 2.33. The van der Waals surface area contributed by atoms with Crippen molar-refractivity contribution in [3.05, 3.63) is 33.8 Å². The first kappa shape index (κ1) is 8.75. The molecule has 0 heterocycles. The molecule has 2 rings (SSSR count). The van der Waals surface area contributed by atoms with E-state index in [0.29, 0.717) is 12.8 Å². The van der Waals surface area contributed by atoms with Crippen molar-refractivity contribution in [1.82, 2.24) is 0 Å². The van der Waals surface area contributed by atoms with Crippen LogP contribution in [-0.4, -0.2) is 11.1 Å². The van der Waals surface area contributed by atoms with Crippen molar-refractivity contribution in [3.63, 3.8) is 0 Å². The second-order valence-corrected chi connectivity index (χ2v) is 4.18. The van der Waals surface area contributed by atoms with Gasteiger partial charge < -0.3 is 5.11 Å². The Morgan fingerprint density at radius 3 is 2.85 bits per heavy atom. The molecule has 3 heteroatoms. The molecular formula is C10H9BrO2. The van der Waals surface area contributed by atoms with Crippen molar-refractivity contribution < 1.29 is 9.90 Å². The molecule has 2 nitrogen and oxygen atoms in total. The molecule has 0 fully saturated rings. The summed E-state index contributed by atoms with van der Waals surface area (Å²) in [7, 11) is 0. The van der Waals surface area contributed by atoms with E-state index in [1.165, 1.54) is 5.56 Å². The fraction of sp³-hybridized carbons (Fsp3) is 0.300. The van der Waals surface area contributed by atoms with Crippen LogP contribution in [0, 0.1) is 5.92 Å². The second-order valence-electron chi connectivity index (χ2n) is 3.32. The predicted molar refractivity (Wildman–Crippen MR) is 52.7 cm³/mol. The van der Waals surface area contributed by atoms with Crippen molar-refractivity contribution >= 4 is 21.9 Å². The molecular weight excluding hydrogens is 232 g/mol. The molecule has 1 aromatic carbocycles. The Labute approximate surface area is 84.7 Å². The molecule has 1 aliphatic carbocycles. The summed E-state index contributed by atoms with van der Waals surface area (Å²) in [6.45, 7) is 0. The van der Waals surface area contributed by atoms with Crippen LogP contribution < -0.4 is 0 Å². The highest BCUT2D eigenvalue weighted by molar-refractivity contribution is 9.10. The second kappa shape index (κ2) is 3.14. The molecule has 0 aliphatic heterocycles. The van der Waals surface area contributed by atoms with Gasteiger partial charge in [-0.15, -0.1) is 0 Å². The average molecular weight is 241 g/mol. The molecule has 1 unspecified atom stereocenters. The van der Waals surface area contributed by atoms with Crippen LogP contribution in [0.15, 0.2) is 22.7 Å². The molecule has 0 saturated heterocycles. The summed E-state index contributed by atoms with van der Waals surface area (Å²) in [6, 6.07) is 5.92. The SMILES string of the molecule is O=C(O)C1Cc2cccc(Br)c2C1. The fourth-order valence-corrected chi connectivity index (χ4v) is 2.35. The molecule has 68 valence electrons. The number of carbonyl (C=O) groups is 1. The zero-order chi connectivity index (χ0) is 9.42. The van der Waals surface area contributed by atoms with Gasteiger partial charge in [0.1, 0.15) is 0 Å². The first-order valence-electron chi connectivity index (χ1n) is 4.17. The van der Waals surface area contributed by atoms with Gasteiger partial charge in [-0.1, -0.05) is 28.1 Å². The minimum Gasteiger partial charge on any atom is -0.481 e. The Balaban J connectivity index is 2.35. The summed E-state index contributed by atoms with van der Waals surface area (Å²) in [5.74, 6) is -0.920. The average Bonchev–Trinajstić information content (AvgIpc) is 2.49. The van der Waals surface area contributed by atoms with Gasteiger partial charge in [0, 0.05) is 4.47 Å². The highest BCUT2D eigenvalue weighted by Gasteiger charge is 2.27. The lowest BCUT2D eigenvalue weighted by molar-refractivity contribution is -0.141. The smallest absolute Gasteiger partial charge is 0.307 e. The number of hydrogen-bond donors (Lipinski definition) is 1. The maximum absolute atomic E-state index is 10.8. The standard InChI is InChI=1S/C10H9BrO2/c11-9-3-1-2-6-4-7(10(12)13)5-8(6)9/h1-3,7H,4-5H2,(H,12,13). The first-order valence-corrected chi connectivity index (χ1v) is 4.97. The van der Waals surface area contributed by atoms with E-state index in [-0.39, 0.29) is 5.92 Å². The van der Waals surface area contributed by atoms with Crippen molar-refractivity contribution in [2.75, 3.05) is 0 Å². The van der Waals surface area contributed by atoms with Crippen molar-refractivity contribution in [3.8, 4) is 0 Å². The number of carboxylic acids is 1. The van der Waals surface area contributed by atoms with E-state index >= 15 is 0 Å². The van der Waals surface area contributed by atoms with Gasteiger partial charge in [-0.2, -0.15) is 0 Å². The van der Waals surface area contributed by atoms with Gasteiger partial charge in [0.15, 0.2) is 0 Å². The minimum atomic E-state index is -0.692. The number of carboxylic acid groups (broad SMARTS) is 1. The summed E-state index contributed by atoms with van der Waals surface area (Å²) in [4.78, 5) is 10.8. The van der Waals surface area contributed by atoms with Gasteiger partial charge in [0.25, 0.3) is 0 Å². The number of rotatable bonds is 1. The molecule has 0 saturated carbocycles. The molecule has 0 bridgehead atoms. The molecule has 0 spiro atoms. The normalized spacial score (nSPS) is 19.9. The summed E-state index contributed by atoms with van der Waals surface area (Å²) >= 11 is 3.43. The third-order valence-corrected chi connectivity index (χ3v) is 3.22. The lowest BCUT2D eigenvalue weighted by Crippen LogP contribution is -2.12. The molecule has 1 aliphatic rings. The molecule has 0 aromatic heterocycles. The van der Waals surface area contributed by atoms with Gasteiger partial charge >= 0.3 is 5.97 Å². The highest BCUT2D eigenvalue weighted by atomic mass is 79.9. The molecule has 0 amide bonds. The summed E-state index contributed by atoms with van der Waals surface area (Å²) in [5, 5.41) is 8.86. The number of benzene rings is 1. The highest BCUT2D eigenvalue weighted by Crippen LogP contribution is 2.32. The molecule has 1 aromatic rings. The maximum atomic E-state index is 10.8. The van der Waals surface area contributed by atoms with Crippen LogP contribution in [0.5, 0.6) is 0 Å². The molecule has 1 atom stereocenters. The topological polar surface area (TPSA) is 37.3 Å². The van der Waals surface area contributed by atoms with Crippen LogP contribution in [0.25, 0.3) is 0 Å². The fourth-order valence-electron chi connectivity index (χ4n) is 1.78. The first-order chi connectivity index (χ1) is 6.18. The third-order valence-electron chi connectivity index (χ3n) is 2.48. The van der Waals surface area contributed by atoms with Gasteiger partial charge in [-0.05, 0) is 30.0 Å². The maximum Gasteiger partial charge on any atom is 0.307 e. The summed E-state index contributed by atoms with van der Waals surface area (Å²) in [6.07, 6.45) is 1.33. The van der Waals surface area contributed by atoms with Crippen LogP contribution in [0.3, 0.4) is 0 Å². The van der Waals surface area contributed by atoms with E-state index < -0.39 is 5.97 Å². The van der Waals surface area contributed by atoms with E-state index in [9.17, 15) is 4.79 Å². The van der Waals surface area contributed by atoms with Gasteiger partial charge in [0.05, 0.1) is 5.92 Å². The Kier molecular flexibility index (Phi) is 2.12.